The van der Waals surface area contributed by atoms with Gasteiger partial charge in [0.25, 0.3) is 10.0 Å². The van der Waals surface area contributed by atoms with Crippen molar-refractivity contribution in [3.8, 4) is 0 Å². The Morgan fingerprint density at radius 2 is 2.00 bits per heavy atom. The molecule has 0 fully saturated rings. The van der Waals surface area contributed by atoms with Gasteiger partial charge in [-0.3, -0.25) is 4.31 Å². The van der Waals surface area contributed by atoms with Crippen molar-refractivity contribution >= 4 is 26.5 Å². The maximum Gasteiger partial charge on any atom is 0.264 e. The minimum Gasteiger partial charge on any atom is -0.269 e. The largest absolute Gasteiger partial charge is 0.269 e. The summed E-state index contributed by atoms with van der Waals surface area (Å²) in [6.45, 7) is 0.863. The second-order valence-corrected chi connectivity index (χ2v) is 7.90. The molecule has 0 atom stereocenters. The summed E-state index contributed by atoms with van der Waals surface area (Å²) in [6, 6.07) is 9.50. The highest BCUT2D eigenvalue weighted by atomic mass is 32.2. The van der Waals surface area contributed by atoms with Crippen molar-refractivity contribution in [1.82, 2.24) is 4.57 Å². The molecule has 1 aliphatic heterocycles. The highest BCUT2D eigenvalue weighted by Crippen LogP contribution is 2.42. The Labute approximate surface area is 135 Å². The Bertz CT molecular complexity index is 1020. The highest BCUT2D eigenvalue weighted by molar-refractivity contribution is 7.93. The van der Waals surface area contributed by atoms with Crippen LogP contribution >= 0.6 is 0 Å². The van der Waals surface area contributed by atoms with E-state index in [-0.39, 0.29) is 0 Å². The number of rotatable bonds is 3. The number of sulfonamides is 1. The lowest BCUT2D eigenvalue weighted by Gasteiger charge is -2.10. The van der Waals surface area contributed by atoms with Gasteiger partial charge in [0.1, 0.15) is 12.4 Å². The van der Waals surface area contributed by atoms with Crippen LogP contribution in [-0.4, -0.2) is 20.0 Å². The quantitative estimate of drug-likeness (QED) is 0.689. The molecule has 4 rings (SSSR count). The molecule has 2 aromatic carbocycles. The van der Waals surface area contributed by atoms with Crippen LogP contribution in [0.15, 0.2) is 53.9 Å². The van der Waals surface area contributed by atoms with Crippen molar-refractivity contribution < 1.29 is 13.0 Å². The van der Waals surface area contributed by atoms with E-state index < -0.39 is 10.0 Å². The van der Waals surface area contributed by atoms with Gasteiger partial charge in [0.2, 0.25) is 6.33 Å². The van der Waals surface area contributed by atoms with E-state index in [4.69, 9.17) is 0 Å². The molecule has 0 N–H and O–H groups in total. The van der Waals surface area contributed by atoms with E-state index in [1.165, 1.54) is 9.87 Å². The molecule has 0 saturated carbocycles. The predicted molar refractivity (Wildman–Crippen MR) is 88.8 cm³/mol. The number of nitrogens with zero attached hydrogens (tertiary/aromatic N) is 3. The van der Waals surface area contributed by atoms with E-state index in [0.29, 0.717) is 4.90 Å². The van der Waals surface area contributed by atoms with Gasteiger partial charge in [-0.2, -0.15) is 0 Å². The Kier molecular flexibility index (Phi) is 2.99. The number of aromatic nitrogens is 2. The molecule has 0 bridgehead atoms. The van der Waals surface area contributed by atoms with Gasteiger partial charge in [-0.05, 0) is 23.1 Å². The van der Waals surface area contributed by atoms with Crippen molar-refractivity contribution in [2.45, 2.75) is 17.9 Å². The topological polar surface area (TPSA) is 46.2 Å². The summed E-state index contributed by atoms with van der Waals surface area (Å²) in [7, 11) is 0.219. The summed E-state index contributed by atoms with van der Waals surface area (Å²) in [4.78, 5) is 0.418. The van der Waals surface area contributed by atoms with Crippen LogP contribution < -0.4 is 8.87 Å². The molecule has 3 aromatic rings. The van der Waals surface area contributed by atoms with Crippen molar-refractivity contribution in [3.63, 3.8) is 0 Å². The molecule has 1 aliphatic rings. The number of imidazole rings is 1. The molecule has 0 saturated heterocycles. The fourth-order valence-corrected chi connectivity index (χ4v) is 4.69. The maximum absolute atomic E-state index is 12.5. The minimum atomic E-state index is -3.39. The number of hydrogen-bond donors (Lipinski definition) is 0. The van der Waals surface area contributed by atoms with Crippen molar-refractivity contribution in [1.29, 1.82) is 0 Å². The average Bonchev–Trinajstić information content (AvgIpc) is 3.03. The monoisotopic (exact) mass is 328 g/mol. The van der Waals surface area contributed by atoms with E-state index >= 15 is 0 Å². The lowest BCUT2D eigenvalue weighted by molar-refractivity contribution is -0.671. The summed E-state index contributed by atoms with van der Waals surface area (Å²) >= 11 is 0. The van der Waals surface area contributed by atoms with Gasteiger partial charge in [-0.15, -0.1) is 0 Å². The minimum absolute atomic E-state index is 0.418. The van der Waals surface area contributed by atoms with Gasteiger partial charge in [-0.1, -0.05) is 18.2 Å². The summed E-state index contributed by atoms with van der Waals surface area (Å²) in [5.41, 5.74) is 1.94. The summed E-state index contributed by atoms with van der Waals surface area (Å²) in [6.07, 6.45) is 6.95. The van der Waals surface area contributed by atoms with E-state index in [1.807, 2.05) is 54.6 Å². The smallest absolute Gasteiger partial charge is 0.264 e. The van der Waals surface area contributed by atoms with Gasteiger partial charge in [0.05, 0.1) is 24.2 Å². The van der Waals surface area contributed by atoms with E-state index in [1.54, 1.807) is 13.1 Å². The first kappa shape index (κ1) is 14.3. The second kappa shape index (κ2) is 4.83. The molecule has 0 unspecified atom stereocenters. The van der Waals surface area contributed by atoms with E-state index in [9.17, 15) is 8.42 Å². The first-order valence-corrected chi connectivity index (χ1v) is 8.97. The lowest BCUT2D eigenvalue weighted by Crippen LogP contribution is -2.23. The van der Waals surface area contributed by atoms with Crippen molar-refractivity contribution in [3.05, 3.63) is 54.6 Å². The Morgan fingerprint density at radius 3 is 2.74 bits per heavy atom. The zero-order valence-electron chi connectivity index (χ0n) is 13.1. The van der Waals surface area contributed by atoms with Gasteiger partial charge in [-0.25, -0.2) is 17.6 Å². The van der Waals surface area contributed by atoms with Crippen LogP contribution in [0.25, 0.3) is 10.8 Å². The van der Waals surface area contributed by atoms with Crippen LogP contribution in [0.5, 0.6) is 0 Å². The third kappa shape index (κ3) is 2.05. The first-order valence-electron chi connectivity index (χ1n) is 7.53. The number of hydrogen-bond acceptors (Lipinski definition) is 2. The zero-order chi connectivity index (χ0) is 16.2. The fraction of sp³-hybridized carbons (Fsp3) is 0.235. The molecule has 118 valence electrons. The average molecular weight is 328 g/mol. The third-order valence-electron chi connectivity index (χ3n) is 4.51. The Balaban J connectivity index is 1.80. The third-order valence-corrected chi connectivity index (χ3v) is 6.33. The Morgan fingerprint density at radius 1 is 1.17 bits per heavy atom. The molecule has 0 amide bonds. The number of benzene rings is 2. The predicted octanol–water partition coefficient (Wildman–Crippen LogP) is 1.85. The van der Waals surface area contributed by atoms with E-state index in [0.717, 1.165) is 29.4 Å². The summed E-state index contributed by atoms with van der Waals surface area (Å²) < 4.78 is 30.5. The standard InChI is InChI=1S/C17H18N3O2S/c1-18-10-11-20(12-18)9-8-13-6-7-16-17-14(13)4-3-5-15(17)19(2)23(16,21)22/h3-7,10-12H,8-9H2,1-2H3/q+1. The molecule has 6 heteroatoms. The summed E-state index contributed by atoms with van der Waals surface area (Å²) in [5.74, 6) is 0. The SMILES string of the molecule is CN1c2cccc3c(CCn4cc[n+](C)c4)ccc(c23)S1(=O)=O. The molecular weight excluding hydrogens is 310 g/mol. The maximum atomic E-state index is 12.5. The molecule has 23 heavy (non-hydrogen) atoms. The highest BCUT2D eigenvalue weighted by Gasteiger charge is 2.33. The number of anilines is 1. The van der Waals surface area contributed by atoms with Crippen molar-refractivity contribution in [2.75, 3.05) is 11.4 Å². The molecule has 2 heterocycles. The number of aryl methyl sites for hydroxylation is 3. The van der Waals surface area contributed by atoms with Gasteiger partial charge in [0.15, 0.2) is 0 Å². The van der Waals surface area contributed by atoms with Crippen LogP contribution in [0.1, 0.15) is 5.56 Å². The van der Waals surface area contributed by atoms with Crippen LogP contribution in [0.4, 0.5) is 5.69 Å². The zero-order valence-corrected chi connectivity index (χ0v) is 13.9. The van der Waals surface area contributed by atoms with Crippen LogP contribution in [0, 0.1) is 0 Å². The molecule has 0 radical (unpaired) electrons. The molecule has 5 nitrogen and oxygen atoms in total. The fourth-order valence-electron chi connectivity index (χ4n) is 3.27. The van der Waals surface area contributed by atoms with E-state index in [2.05, 4.69) is 4.57 Å². The first-order chi connectivity index (χ1) is 11.0. The molecule has 0 aliphatic carbocycles. The van der Waals surface area contributed by atoms with Crippen LogP contribution in [0.2, 0.25) is 0 Å². The Hall–Kier alpha value is -2.34. The second-order valence-electron chi connectivity index (χ2n) is 5.96. The van der Waals surface area contributed by atoms with Crippen molar-refractivity contribution in [2.24, 2.45) is 7.05 Å². The molecule has 1 aromatic heterocycles. The van der Waals surface area contributed by atoms with Crippen LogP contribution in [-0.2, 0) is 30.0 Å². The van der Waals surface area contributed by atoms with Gasteiger partial charge >= 0.3 is 0 Å². The molecular formula is C17H18N3O2S+. The molecule has 0 spiro atoms. The summed E-state index contributed by atoms with van der Waals surface area (Å²) in [5, 5.41) is 1.88. The van der Waals surface area contributed by atoms with Crippen LogP contribution in [0.3, 0.4) is 0 Å². The lowest BCUT2D eigenvalue weighted by atomic mass is 10.0. The normalized spacial score (nSPS) is 15.5. The van der Waals surface area contributed by atoms with Gasteiger partial charge in [0, 0.05) is 18.9 Å². The van der Waals surface area contributed by atoms with Gasteiger partial charge < -0.3 is 0 Å².